The minimum atomic E-state index is -1.30. The molecular weight excluding hydrogens is 528 g/mol. The lowest BCUT2D eigenvalue weighted by Crippen LogP contribution is -2.32. The molecule has 42 heavy (non-hydrogen) atoms. The Kier molecular flexibility index (Phi) is 8.31. The normalized spacial score (nSPS) is 13.5. The Bertz CT molecular complexity index is 1550. The van der Waals surface area contributed by atoms with E-state index in [2.05, 4.69) is 13.2 Å². The first-order valence-corrected chi connectivity index (χ1v) is 14.1. The average molecular weight is 567 g/mol. The fourth-order valence-electron chi connectivity index (χ4n) is 5.37. The molecule has 0 unspecified atom stereocenters. The van der Waals surface area contributed by atoms with Gasteiger partial charge in [0.25, 0.3) is 0 Å². The van der Waals surface area contributed by atoms with Gasteiger partial charge in [0.2, 0.25) is 0 Å². The van der Waals surface area contributed by atoms with Crippen LogP contribution in [0.25, 0.3) is 0 Å². The van der Waals surface area contributed by atoms with Gasteiger partial charge in [-0.3, -0.25) is 0 Å². The Labute approximate surface area is 248 Å². The molecule has 3 aromatic carbocycles. The van der Waals surface area contributed by atoms with Crippen LogP contribution in [0.3, 0.4) is 0 Å². The van der Waals surface area contributed by atoms with Crippen LogP contribution in [0.5, 0.6) is 11.5 Å². The van der Waals surface area contributed by atoms with Crippen LogP contribution in [0.15, 0.2) is 72.8 Å². The number of carbonyl (C=O) groups is 3. The monoisotopic (exact) mass is 566 g/mol. The number of cyclic esters (lactones) is 1. The highest BCUT2D eigenvalue weighted by atomic mass is 16.6. The molecule has 6 heteroatoms. The Morgan fingerprint density at radius 3 is 1.57 bits per heavy atom. The van der Waals surface area contributed by atoms with Crippen molar-refractivity contribution in [2.75, 3.05) is 0 Å². The lowest BCUT2D eigenvalue weighted by Gasteiger charge is -2.34. The molecule has 3 aromatic rings. The Morgan fingerprint density at radius 2 is 1.17 bits per heavy atom. The van der Waals surface area contributed by atoms with Gasteiger partial charge in [0.05, 0.1) is 5.56 Å². The molecule has 0 aromatic heterocycles. The molecule has 0 saturated heterocycles. The Morgan fingerprint density at radius 1 is 0.738 bits per heavy atom. The zero-order valence-electron chi connectivity index (χ0n) is 25.6. The third-order valence-electron chi connectivity index (χ3n) is 7.59. The smallest absolute Gasteiger partial charge is 0.340 e. The predicted octanol–water partition coefficient (Wildman–Crippen LogP) is 7.98. The van der Waals surface area contributed by atoms with Crippen LogP contribution < -0.4 is 9.47 Å². The van der Waals surface area contributed by atoms with E-state index in [4.69, 9.17) is 14.2 Å². The minimum absolute atomic E-state index is 0.0158. The first-order valence-electron chi connectivity index (χ1n) is 14.1. The van der Waals surface area contributed by atoms with Crippen molar-refractivity contribution >= 4 is 17.9 Å². The van der Waals surface area contributed by atoms with Gasteiger partial charge in [0, 0.05) is 27.8 Å². The van der Waals surface area contributed by atoms with E-state index in [1.54, 1.807) is 19.9 Å². The highest BCUT2D eigenvalue weighted by Crippen LogP contribution is 2.51. The van der Waals surface area contributed by atoms with Crippen molar-refractivity contribution in [1.82, 2.24) is 0 Å². The summed E-state index contributed by atoms with van der Waals surface area (Å²) < 4.78 is 17.9. The summed E-state index contributed by atoms with van der Waals surface area (Å²) in [5.41, 5.74) is 5.12. The van der Waals surface area contributed by atoms with Gasteiger partial charge in [-0.05, 0) is 92.1 Å². The van der Waals surface area contributed by atoms with E-state index < -0.39 is 23.5 Å². The zero-order chi connectivity index (χ0) is 31.1. The standard InChI is InChI=1S/C36H38O6/c1-19(2)26-17-29(23(9)15-31(26)40-33(37)21(5)6)36(28-14-12-11-13-25(28)35(39)42-36)30-18-27(20(3)4)32(16-24(30)10)41-34(38)22(7)8/h11-20H,5,7H2,1-4,6,8-10H3. The molecule has 0 saturated carbocycles. The summed E-state index contributed by atoms with van der Waals surface area (Å²) in [6.07, 6.45) is 0. The van der Waals surface area contributed by atoms with E-state index in [0.717, 1.165) is 33.4 Å². The highest BCUT2D eigenvalue weighted by Gasteiger charge is 2.50. The summed E-state index contributed by atoms with van der Waals surface area (Å²) in [6.45, 7) is 22.5. The van der Waals surface area contributed by atoms with Crippen molar-refractivity contribution in [2.24, 2.45) is 0 Å². The van der Waals surface area contributed by atoms with Crippen LogP contribution in [0.2, 0.25) is 0 Å². The van der Waals surface area contributed by atoms with Gasteiger partial charge in [0.1, 0.15) is 11.5 Å². The molecule has 0 radical (unpaired) electrons. The van der Waals surface area contributed by atoms with E-state index in [1.165, 1.54) is 0 Å². The molecule has 0 bridgehead atoms. The topological polar surface area (TPSA) is 78.9 Å². The summed E-state index contributed by atoms with van der Waals surface area (Å²) in [7, 11) is 0. The quantitative estimate of drug-likeness (QED) is 0.156. The number of carbonyl (C=O) groups excluding carboxylic acids is 3. The Balaban J connectivity index is 2.07. The van der Waals surface area contributed by atoms with E-state index >= 15 is 0 Å². The molecule has 0 atom stereocenters. The van der Waals surface area contributed by atoms with Crippen LogP contribution in [-0.2, 0) is 19.9 Å². The van der Waals surface area contributed by atoms with Crippen LogP contribution >= 0.6 is 0 Å². The SMILES string of the molecule is C=C(C)C(=O)Oc1cc(C)c(C2(c3cc(C(C)C)c(OC(=O)C(=C)C)cc3C)OC(=O)c3ccccc32)cc1C(C)C. The van der Waals surface area contributed by atoms with Crippen molar-refractivity contribution in [3.63, 3.8) is 0 Å². The minimum Gasteiger partial charge on any atom is -0.441 e. The average Bonchev–Trinajstić information content (AvgIpc) is 3.21. The number of rotatable bonds is 8. The number of aryl methyl sites for hydroxylation is 2. The van der Waals surface area contributed by atoms with Crippen LogP contribution in [0.1, 0.15) is 103 Å². The van der Waals surface area contributed by atoms with Crippen LogP contribution in [-0.4, -0.2) is 17.9 Å². The zero-order valence-corrected chi connectivity index (χ0v) is 25.6. The second kappa shape index (κ2) is 11.4. The molecule has 0 amide bonds. The van der Waals surface area contributed by atoms with Gasteiger partial charge in [-0.1, -0.05) is 59.1 Å². The number of ether oxygens (including phenoxy) is 3. The predicted molar refractivity (Wildman–Crippen MR) is 163 cm³/mol. The molecule has 4 rings (SSSR count). The first kappa shape index (κ1) is 30.5. The summed E-state index contributed by atoms with van der Waals surface area (Å²) in [4.78, 5) is 38.5. The van der Waals surface area contributed by atoms with Gasteiger partial charge in [0.15, 0.2) is 5.60 Å². The molecule has 1 aliphatic heterocycles. The Hall–Kier alpha value is -4.45. The molecule has 0 aliphatic carbocycles. The van der Waals surface area contributed by atoms with Gasteiger partial charge in [-0.15, -0.1) is 0 Å². The maximum atomic E-state index is 13.5. The number of fused-ring (bicyclic) bond motifs is 1. The fraction of sp³-hybridized carbons (Fsp3) is 0.306. The fourth-order valence-corrected chi connectivity index (χ4v) is 5.37. The molecule has 1 heterocycles. The molecule has 1 aliphatic rings. The maximum Gasteiger partial charge on any atom is 0.340 e. The van der Waals surface area contributed by atoms with E-state index in [1.807, 2.05) is 84.0 Å². The summed E-state index contributed by atoms with van der Waals surface area (Å²) in [6, 6.07) is 15.0. The van der Waals surface area contributed by atoms with Crippen molar-refractivity contribution in [3.8, 4) is 11.5 Å². The lowest BCUT2D eigenvalue weighted by atomic mass is 9.74. The molecule has 0 fully saturated rings. The van der Waals surface area contributed by atoms with Gasteiger partial charge in [-0.25, -0.2) is 14.4 Å². The molecule has 218 valence electrons. The number of esters is 3. The third-order valence-corrected chi connectivity index (χ3v) is 7.59. The largest absolute Gasteiger partial charge is 0.441 e. The van der Waals surface area contributed by atoms with Gasteiger partial charge < -0.3 is 14.2 Å². The van der Waals surface area contributed by atoms with Crippen LogP contribution in [0, 0.1) is 13.8 Å². The van der Waals surface area contributed by atoms with Crippen LogP contribution in [0.4, 0.5) is 0 Å². The van der Waals surface area contributed by atoms with E-state index in [-0.39, 0.29) is 11.8 Å². The maximum absolute atomic E-state index is 13.5. The highest BCUT2D eigenvalue weighted by molar-refractivity contribution is 5.97. The van der Waals surface area contributed by atoms with E-state index in [9.17, 15) is 14.4 Å². The number of benzene rings is 3. The van der Waals surface area contributed by atoms with Gasteiger partial charge in [-0.2, -0.15) is 0 Å². The number of hydrogen-bond donors (Lipinski definition) is 0. The molecule has 6 nitrogen and oxygen atoms in total. The lowest BCUT2D eigenvalue weighted by molar-refractivity contribution is -0.131. The first-order chi connectivity index (χ1) is 19.7. The summed E-state index contributed by atoms with van der Waals surface area (Å²) in [5.74, 6) is -0.599. The van der Waals surface area contributed by atoms with Crippen molar-refractivity contribution < 1.29 is 28.6 Å². The van der Waals surface area contributed by atoms with Crippen molar-refractivity contribution in [2.45, 2.75) is 72.8 Å². The third kappa shape index (κ3) is 5.29. The molecular formula is C36H38O6. The van der Waals surface area contributed by atoms with Crippen molar-refractivity contribution in [3.05, 3.63) is 117 Å². The molecule has 0 spiro atoms. The number of hydrogen-bond acceptors (Lipinski definition) is 6. The summed E-state index contributed by atoms with van der Waals surface area (Å²) >= 11 is 0. The second-order valence-corrected chi connectivity index (χ2v) is 11.7. The van der Waals surface area contributed by atoms with Gasteiger partial charge >= 0.3 is 17.9 Å². The second-order valence-electron chi connectivity index (χ2n) is 11.7. The van der Waals surface area contributed by atoms with Crippen molar-refractivity contribution in [1.29, 1.82) is 0 Å². The summed E-state index contributed by atoms with van der Waals surface area (Å²) in [5, 5.41) is 0. The molecule has 0 N–H and O–H groups in total. The van der Waals surface area contributed by atoms with E-state index in [0.29, 0.717) is 33.8 Å².